The molecule has 1 rings (SSSR count). The van der Waals surface area contributed by atoms with E-state index in [0.717, 1.165) is 5.69 Å². The van der Waals surface area contributed by atoms with Crippen LogP contribution >= 0.6 is 0 Å². The minimum Gasteiger partial charge on any atom is -0.380 e. The molecule has 5 nitrogen and oxygen atoms in total. The molecule has 0 saturated carbocycles. The van der Waals surface area contributed by atoms with Crippen LogP contribution in [-0.2, 0) is 4.74 Å². The van der Waals surface area contributed by atoms with Crippen molar-refractivity contribution in [2.45, 2.75) is 19.9 Å². The summed E-state index contributed by atoms with van der Waals surface area (Å²) in [5.74, 6) is 0. The molecule has 0 spiro atoms. The number of urea groups is 1. The van der Waals surface area contributed by atoms with E-state index < -0.39 is 0 Å². The highest BCUT2D eigenvalue weighted by Crippen LogP contribution is 2.15. The minimum absolute atomic E-state index is 0.214. The van der Waals surface area contributed by atoms with Gasteiger partial charge in [-0.05, 0) is 38.6 Å². The predicted molar refractivity (Wildman–Crippen MR) is 77.4 cm³/mol. The molecule has 1 atom stereocenters. The fraction of sp³-hybridized carbons (Fsp3) is 0.500. The second-order valence-electron chi connectivity index (χ2n) is 4.21. The summed E-state index contributed by atoms with van der Waals surface area (Å²) >= 11 is 0. The van der Waals surface area contributed by atoms with Crippen LogP contribution < -0.4 is 16.0 Å². The standard InChI is InChI=1S/C14H23N3O2/c1-4-19-10-9-16-14(18)17-13-7-5-12(6-8-13)11(2)15-3/h5-8,11,15H,4,9-10H2,1-3H3,(H2,16,17,18). The Labute approximate surface area is 114 Å². The van der Waals surface area contributed by atoms with Crippen LogP contribution in [0.3, 0.4) is 0 Å². The van der Waals surface area contributed by atoms with Gasteiger partial charge in [-0.2, -0.15) is 0 Å². The lowest BCUT2D eigenvalue weighted by Gasteiger charge is -2.12. The number of hydrogen-bond donors (Lipinski definition) is 3. The molecule has 0 aliphatic carbocycles. The van der Waals surface area contributed by atoms with E-state index in [2.05, 4.69) is 22.9 Å². The average Bonchev–Trinajstić information content (AvgIpc) is 2.43. The van der Waals surface area contributed by atoms with Gasteiger partial charge in [0.2, 0.25) is 0 Å². The van der Waals surface area contributed by atoms with Crippen LogP contribution in [0.1, 0.15) is 25.5 Å². The molecule has 0 aliphatic rings. The molecule has 0 radical (unpaired) electrons. The van der Waals surface area contributed by atoms with Crippen LogP contribution in [0.25, 0.3) is 0 Å². The molecule has 0 aliphatic heterocycles. The van der Waals surface area contributed by atoms with Crippen LogP contribution in [-0.4, -0.2) is 32.8 Å². The Hall–Kier alpha value is -1.59. The van der Waals surface area contributed by atoms with E-state index in [1.165, 1.54) is 5.56 Å². The first-order chi connectivity index (χ1) is 9.17. The molecular formula is C14H23N3O2. The van der Waals surface area contributed by atoms with Gasteiger partial charge in [-0.25, -0.2) is 4.79 Å². The molecule has 1 aromatic rings. The fourth-order valence-electron chi connectivity index (χ4n) is 1.58. The van der Waals surface area contributed by atoms with Crippen LogP contribution in [0.2, 0.25) is 0 Å². The number of amides is 2. The molecule has 0 saturated heterocycles. The number of benzene rings is 1. The summed E-state index contributed by atoms with van der Waals surface area (Å²) in [7, 11) is 1.92. The lowest BCUT2D eigenvalue weighted by atomic mass is 10.1. The van der Waals surface area contributed by atoms with E-state index in [0.29, 0.717) is 25.8 Å². The molecule has 106 valence electrons. The molecule has 0 fully saturated rings. The highest BCUT2D eigenvalue weighted by Gasteiger charge is 2.04. The van der Waals surface area contributed by atoms with Crippen molar-refractivity contribution in [2.75, 3.05) is 32.1 Å². The van der Waals surface area contributed by atoms with Crippen molar-refractivity contribution in [3.05, 3.63) is 29.8 Å². The minimum atomic E-state index is -0.214. The van der Waals surface area contributed by atoms with Crippen molar-refractivity contribution in [1.82, 2.24) is 10.6 Å². The summed E-state index contributed by atoms with van der Waals surface area (Å²) < 4.78 is 5.14. The second kappa shape index (κ2) is 8.50. The number of rotatable bonds is 7. The molecule has 0 heterocycles. The molecule has 1 unspecified atom stereocenters. The smallest absolute Gasteiger partial charge is 0.319 e. The monoisotopic (exact) mass is 265 g/mol. The van der Waals surface area contributed by atoms with Crippen molar-refractivity contribution < 1.29 is 9.53 Å². The molecule has 5 heteroatoms. The third-order valence-electron chi connectivity index (χ3n) is 2.84. The van der Waals surface area contributed by atoms with Gasteiger partial charge < -0.3 is 20.7 Å². The largest absolute Gasteiger partial charge is 0.380 e. The summed E-state index contributed by atoms with van der Waals surface area (Å²) in [4.78, 5) is 11.6. The van der Waals surface area contributed by atoms with Gasteiger partial charge in [-0.15, -0.1) is 0 Å². The Bertz CT molecular complexity index is 379. The zero-order chi connectivity index (χ0) is 14.1. The number of ether oxygens (including phenoxy) is 1. The lowest BCUT2D eigenvalue weighted by molar-refractivity contribution is 0.150. The highest BCUT2D eigenvalue weighted by atomic mass is 16.5. The third kappa shape index (κ3) is 5.72. The van der Waals surface area contributed by atoms with Crippen molar-refractivity contribution >= 4 is 11.7 Å². The SMILES string of the molecule is CCOCCNC(=O)Nc1ccc(C(C)NC)cc1. The van der Waals surface area contributed by atoms with Gasteiger partial charge in [0.15, 0.2) is 0 Å². The van der Waals surface area contributed by atoms with Crippen LogP contribution in [0.15, 0.2) is 24.3 Å². The molecule has 2 amide bonds. The first-order valence-electron chi connectivity index (χ1n) is 6.57. The van der Waals surface area contributed by atoms with Gasteiger partial charge in [0, 0.05) is 24.9 Å². The van der Waals surface area contributed by atoms with E-state index in [-0.39, 0.29) is 6.03 Å². The molecule has 19 heavy (non-hydrogen) atoms. The summed E-state index contributed by atoms with van der Waals surface area (Å²) in [5.41, 5.74) is 1.96. The number of nitrogens with one attached hydrogen (secondary N) is 3. The van der Waals surface area contributed by atoms with Gasteiger partial charge in [0.25, 0.3) is 0 Å². The maximum absolute atomic E-state index is 11.6. The van der Waals surface area contributed by atoms with Crippen molar-refractivity contribution in [3.8, 4) is 0 Å². The zero-order valence-corrected chi connectivity index (χ0v) is 11.8. The average molecular weight is 265 g/mol. The topological polar surface area (TPSA) is 62.4 Å². The Morgan fingerprint density at radius 3 is 2.58 bits per heavy atom. The lowest BCUT2D eigenvalue weighted by Crippen LogP contribution is -2.31. The van der Waals surface area contributed by atoms with Crippen LogP contribution in [0, 0.1) is 0 Å². The number of carbonyl (C=O) groups excluding carboxylic acids is 1. The summed E-state index contributed by atoms with van der Waals surface area (Å²) in [6.07, 6.45) is 0. The van der Waals surface area contributed by atoms with Gasteiger partial charge in [0.1, 0.15) is 0 Å². The first kappa shape index (κ1) is 15.5. The van der Waals surface area contributed by atoms with E-state index >= 15 is 0 Å². The Kier molecular flexibility index (Phi) is 6.92. The number of anilines is 1. The Balaban J connectivity index is 2.38. The van der Waals surface area contributed by atoms with Gasteiger partial charge in [-0.3, -0.25) is 0 Å². The Morgan fingerprint density at radius 2 is 2.00 bits per heavy atom. The fourth-order valence-corrected chi connectivity index (χ4v) is 1.58. The maximum atomic E-state index is 11.6. The third-order valence-corrected chi connectivity index (χ3v) is 2.84. The number of carbonyl (C=O) groups is 1. The van der Waals surface area contributed by atoms with Gasteiger partial charge in [-0.1, -0.05) is 12.1 Å². The van der Waals surface area contributed by atoms with E-state index in [4.69, 9.17) is 4.74 Å². The zero-order valence-electron chi connectivity index (χ0n) is 11.8. The first-order valence-corrected chi connectivity index (χ1v) is 6.57. The number of hydrogen-bond acceptors (Lipinski definition) is 3. The molecule has 0 bridgehead atoms. The van der Waals surface area contributed by atoms with Crippen LogP contribution in [0.5, 0.6) is 0 Å². The normalized spacial score (nSPS) is 11.9. The Morgan fingerprint density at radius 1 is 1.32 bits per heavy atom. The molecule has 3 N–H and O–H groups in total. The summed E-state index contributed by atoms with van der Waals surface area (Å²) in [6, 6.07) is 7.87. The van der Waals surface area contributed by atoms with Gasteiger partial charge in [0.05, 0.1) is 6.61 Å². The van der Waals surface area contributed by atoms with E-state index in [9.17, 15) is 4.79 Å². The van der Waals surface area contributed by atoms with E-state index in [1.54, 1.807) is 0 Å². The van der Waals surface area contributed by atoms with Crippen LogP contribution in [0.4, 0.5) is 10.5 Å². The van der Waals surface area contributed by atoms with Crippen molar-refractivity contribution in [1.29, 1.82) is 0 Å². The van der Waals surface area contributed by atoms with Gasteiger partial charge >= 0.3 is 6.03 Å². The quantitative estimate of drug-likeness (QED) is 0.662. The van der Waals surface area contributed by atoms with E-state index in [1.807, 2.05) is 38.2 Å². The molecule has 1 aromatic carbocycles. The summed E-state index contributed by atoms with van der Waals surface area (Å²) in [6.45, 7) is 5.71. The molecular weight excluding hydrogens is 242 g/mol. The predicted octanol–water partition coefficient (Wildman–Crippen LogP) is 2.12. The molecule has 0 aromatic heterocycles. The second-order valence-corrected chi connectivity index (χ2v) is 4.21. The van der Waals surface area contributed by atoms with Crippen molar-refractivity contribution in [3.63, 3.8) is 0 Å². The maximum Gasteiger partial charge on any atom is 0.319 e. The summed E-state index contributed by atoms with van der Waals surface area (Å²) in [5, 5.41) is 8.67. The van der Waals surface area contributed by atoms with Crippen molar-refractivity contribution in [2.24, 2.45) is 0 Å². The highest BCUT2D eigenvalue weighted by molar-refractivity contribution is 5.89.